The van der Waals surface area contributed by atoms with Crippen LogP contribution in [0.4, 0.5) is 0 Å². The maximum absolute atomic E-state index is 12.0. The van der Waals surface area contributed by atoms with Gasteiger partial charge in [0.1, 0.15) is 17.1 Å². The molecule has 0 saturated carbocycles. The Hall–Kier alpha value is -3.08. The standard InChI is InChI=1S/C16H12O5/c17-12-3-1-2-10(8-12)4-6-14(18)11-5-7-15(19)13(9-11)16(20)21/h1-9,17,19H,(H,20,21)/b6-4+. The van der Waals surface area contributed by atoms with Gasteiger partial charge in [0.15, 0.2) is 5.78 Å². The summed E-state index contributed by atoms with van der Waals surface area (Å²) in [5.41, 5.74) is 0.466. The highest BCUT2D eigenvalue weighted by molar-refractivity contribution is 6.08. The zero-order valence-electron chi connectivity index (χ0n) is 10.9. The number of carboxylic acids is 1. The lowest BCUT2D eigenvalue weighted by Crippen LogP contribution is -2.01. The first-order chi connectivity index (χ1) is 9.97. The highest BCUT2D eigenvalue weighted by atomic mass is 16.4. The molecule has 0 spiro atoms. The van der Waals surface area contributed by atoms with Crippen molar-refractivity contribution >= 4 is 17.8 Å². The normalized spacial score (nSPS) is 10.7. The first kappa shape index (κ1) is 14.3. The van der Waals surface area contributed by atoms with Gasteiger partial charge >= 0.3 is 5.97 Å². The molecule has 5 nitrogen and oxygen atoms in total. The molecule has 0 unspecified atom stereocenters. The molecule has 0 aliphatic rings. The Labute approximate surface area is 120 Å². The van der Waals surface area contributed by atoms with Crippen molar-refractivity contribution in [2.24, 2.45) is 0 Å². The van der Waals surface area contributed by atoms with Gasteiger partial charge in [-0.25, -0.2) is 4.79 Å². The van der Waals surface area contributed by atoms with E-state index in [2.05, 4.69) is 0 Å². The van der Waals surface area contributed by atoms with E-state index in [-0.39, 0.29) is 16.9 Å². The summed E-state index contributed by atoms with van der Waals surface area (Å²) in [7, 11) is 0. The van der Waals surface area contributed by atoms with Gasteiger partial charge < -0.3 is 15.3 Å². The van der Waals surface area contributed by atoms with Crippen LogP contribution in [0.15, 0.2) is 48.5 Å². The fraction of sp³-hybridized carbons (Fsp3) is 0. The molecule has 0 heterocycles. The van der Waals surface area contributed by atoms with Gasteiger partial charge in [0.2, 0.25) is 0 Å². The molecule has 2 aromatic carbocycles. The van der Waals surface area contributed by atoms with Gasteiger partial charge in [-0.15, -0.1) is 0 Å². The summed E-state index contributed by atoms with van der Waals surface area (Å²) in [5, 5.41) is 27.6. The summed E-state index contributed by atoms with van der Waals surface area (Å²) in [6, 6.07) is 9.98. The van der Waals surface area contributed by atoms with Crippen LogP contribution >= 0.6 is 0 Å². The monoisotopic (exact) mass is 284 g/mol. The van der Waals surface area contributed by atoms with Gasteiger partial charge in [0.25, 0.3) is 0 Å². The molecule has 21 heavy (non-hydrogen) atoms. The smallest absolute Gasteiger partial charge is 0.339 e. The van der Waals surface area contributed by atoms with Gasteiger partial charge in [0, 0.05) is 5.56 Å². The average molecular weight is 284 g/mol. The number of phenolic OH excluding ortho intramolecular Hbond substituents is 1. The van der Waals surface area contributed by atoms with Crippen LogP contribution in [-0.2, 0) is 0 Å². The van der Waals surface area contributed by atoms with E-state index in [9.17, 15) is 19.8 Å². The lowest BCUT2D eigenvalue weighted by molar-refractivity contribution is 0.0693. The lowest BCUT2D eigenvalue weighted by Gasteiger charge is -2.02. The molecular formula is C16H12O5. The molecule has 0 atom stereocenters. The third-order valence-electron chi connectivity index (χ3n) is 2.81. The number of rotatable bonds is 4. The van der Waals surface area contributed by atoms with Crippen LogP contribution in [-0.4, -0.2) is 27.1 Å². The molecular weight excluding hydrogens is 272 g/mol. The van der Waals surface area contributed by atoms with E-state index >= 15 is 0 Å². The molecule has 0 saturated heterocycles. The minimum Gasteiger partial charge on any atom is -0.508 e. The zero-order chi connectivity index (χ0) is 15.4. The van der Waals surface area contributed by atoms with Gasteiger partial charge in [-0.1, -0.05) is 18.2 Å². The summed E-state index contributed by atoms with van der Waals surface area (Å²) in [6.07, 6.45) is 2.78. The Morgan fingerprint density at radius 1 is 1.00 bits per heavy atom. The van der Waals surface area contributed by atoms with E-state index in [1.165, 1.54) is 36.4 Å². The van der Waals surface area contributed by atoms with Gasteiger partial charge in [-0.05, 0) is 42.0 Å². The highest BCUT2D eigenvalue weighted by Gasteiger charge is 2.12. The number of ketones is 1. The number of aromatic hydroxyl groups is 2. The van der Waals surface area contributed by atoms with E-state index in [0.717, 1.165) is 6.07 Å². The first-order valence-electron chi connectivity index (χ1n) is 6.05. The molecule has 0 radical (unpaired) electrons. The molecule has 106 valence electrons. The number of aromatic carboxylic acids is 1. The van der Waals surface area contributed by atoms with Crippen LogP contribution in [0.3, 0.4) is 0 Å². The maximum Gasteiger partial charge on any atom is 0.339 e. The zero-order valence-corrected chi connectivity index (χ0v) is 10.9. The number of hydrogen-bond acceptors (Lipinski definition) is 4. The second kappa shape index (κ2) is 5.92. The first-order valence-corrected chi connectivity index (χ1v) is 6.05. The molecule has 0 aromatic heterocycles. The summed E-state index contributed by atoms with van der Waals surface area (Å²) >= 11 is 0. The third kappa shape index (κ3) is 3.48. The highest BCUT2D eigenvalue weighted by Crippen LogP contribution is 2.19. The average Bonchev–Trinajstić information content (AvgIpc) is 2.45. The van der Waals surface area contributed by atoms with E-state index in [0.29, 0.717) is 5.56 Å². The van der Waals surface area contributed by atoms with Crippen molar-refractivity contribution in [1.82, 2.24) is 0 Å². The second-order valence-corrected chi connectivity index (χ2v) is 4.33. The van der Waals surface area contributed by atoms with Crippen molar-refractivity contribution < 1.29 is 24.9 Å². The predicted octanol–water partition coefficient (Wildman–Crippen LogP) is 2.69. The van der Waals surface area contributed by atoms with Gasteiger partial charge in [0.05, 0.1) is 0 Å². The van der Waals surface area contributed by atoms with Crippen LogP contribution in [0.25, 0.3) is 6.08 Å². The van der Waals surface area contributed by atoms with Crippen molar-refractivity contribution in [3.05, 3.63) is 65.2 Å². The molecule has 0 aliphatic heterocycles. The van der Waals surface area contributed by atoms with E-state index in [1.807, 2.05) is 0 Å². The lowest BCUT2D eigenvalue weighted by atomic mass is 10.0. The van der Waals surface area contributed by atoms with Gasteiger partial charge in [-0.2, -0.15) is 0 Å². The molecule has 0 amide bonds. The number of carboxylic acid groups (broad SMARTS) is 1. The fourth-order valence-corrected chi connectivity index (χ4v) is 1.76. The van der Waals surface area contributed by atoms with Crippen molar-refractivity contribution in [1.29, 1.82) is 0 Å². The molecule has 5 heteroatoms. The number of carbonyl (C=O) groups excluding carboxylic acids is 1. The van der Waals surface area contributed by atoms with Crippen molar-refractivity contribution in [2.45, 2.75) is 0 Å². The third-order valence-corrected chi connectivity index (χ3v) is 2.81. The molecule has 2 rings (SSSR count). The fourth-order valence-electron chi connectivity index (χ4n) is 1.76. The number of carbonyl (C=O) groups is 2. The minimum absolute atomic E-state index is 0.0856. The summed E-state index contributed by atoms with van der Waals surface area (Å²) in [4.78, 5) is 22.9. The van der Waals surface area contributed by atoms with Crippen molar-refractivity contribution in [2.75, 3.05) is 0 Å². The second-order valence-electron chi connectivity index (χ2n) is 4.33. The molecule has 0 fully saturated rings. The number of benzene rings is 2. The van der Waals surface area contributed by atoms with E-state index < -0.39 is 17.5 Å². The summed E-state index contributed by atoms with van der Waals surface area (Å²) in [6.45, 7) is 0. The Balaban J connectivity index is 2.25. The number of hydrogen-bond donors (Lipinski definition) is 3. The molecule has 0 bridgehead atoms. The van der Waals surface area contributed by atoms with Crippen LogP contribution in [0, 0.1) is 0 Å². The molecule has 0 aliphatic carbocycles. The Morgan fingerprint density at radius 2 is 1.76 bits per heavy atom. The quantitative estimate of drug-likeness (QED) is 0.592. The summed E-state index contributed by atoms with van der Waals surface area (Å²) < 4.78 is 0. The molecule has 2 aromatic rings. The Morgan fingerprint density at radius 3 is 2.43 bits per heavy atom. The molecule has 3 N–H and O–H groups in total. The van der Waals surface area contributed by atoms with Crippen LogP contribution in [0.5, 0.6) is 11.5 Å². The van der Waals surface area contributed by atoms with Crippen molar-refractivity contribution in [3.63, 3.8) is 0 Å². The SMILES string of the molecule is O=C(/C=C/c1cccc(O)c1)c1ccc(O)c(C(=O)O)c1. The van der Waals surface area contributed by atoms with Gasteiger partial charge in [-0.3, -0.25) is 4.79 Å². The number of allylic oxidation sites excluding steroid dienone is 1. The van der Waals surface area contributed by atoms with Crippen molar-refractivity contribution in [3.8, 4) is 11.5 Å². The van der Waals surface area contributed by atoms with Crippen LogP contribution in [0.1, 0.15) is 26.3 Å². The number of phenols is 2. The largest absolute Gasteiger partial charge is 0.508 e. The summed E-state index contributed by atoms with van der Waals surface area (Å²) in [5.74, 6) is -2.02. The van der Waals surface area contributed by atoms with Crippen LogP contribution < -0.4 is 0 Å². The predicted molar refractivity (Wildman–Crippen MR) is 76.5 cm³/mol. The van der Waals surface area contributed by atoms with Crippen LogP contribution in [0.2, 0.25) is 0 Å². The van der Waals surface area contributed by atoms with E-state index in [1.54, 1.807) is 12.1 Å². The topological polar surface area (TPSA) is 94.8 Å². The van der Waals surface area contributed by atoms with E-state index in [4.69, 9.17) is 5.11 Å². The Kier molecular flexibility index (Phi) is 4.04. The minimum atomic E-state index is -1.31. The Bertz CT molecular complexity index is 731. The maximum atomic E-state index is 12.0.